The number of amides is 3. The number of anilines is 1. The average Bonchev–Trinajstić information content (AvgIpc) is 2.34. The van der Waals surface area contributed by atoms with E-state index in [0.29, 0.717) is 6.54 Å². The Bertz CT molecular complexity index is 502. The first-order valence-electron chi connectivity index (χ1n) is 5.93. The number of carbonyl (C=O) groups excluding carboxylic acids is 2. The van der Waals surface area contributed by atoms with Crippen LogP contribution in [0.5, 0.6) is 0 Å². The minimum absolute atomic E-state index is 0.184. The highest BCUT2D eigenvalue weighted by molar-refractivity contribution is 9.10. The lowest BCUT2D eigenvalue weighted by atomic mass is 10.1. The number of halogens is 1. The van der Waals surface area contributed by atoms with E-state index in [1.54, 1.807) is 4.90 Å². The van der Waals surface area contributed by atoms with Gasteiger partial charge in [0.1, 0.15) is 0 Å². The molecule has 0 radical (unpaired) electrons. The van der Waals surface area contributed by atoms with Gasteiger partial charge >= 0.3 is 6.03 Å². The monoisotopic (exact) mass is 310 g/mol. The van der Waals surface area contributed by atoms with Gasteiger partial charge in [-0.25, -0.2) is 4.79 Å². The summed E-state index contributed by atoms with van der Waals surface area (Å²) in [5, 5.41) is 2.38. The Morgan fingerprint density at radius 1 is 1.44 bits per heavy atom. The van der Waals surface area contributed by atoms with Crippen LogP contribution in [0.3, 0.4) is 0 Å². The molecule has 0 aromatic heterocycles. The molecule has 96 valence electrons. The van der Waals surface area contributed by atoms with Crippen LogP contribution in [0.15, 0.2) is 22.7 Å². The first-order chi connectivity index (χ1) is 8.52. The minimum Gasteiger partial charge on any atom is -0.293 e. The summed E-state index contributed by atoms with van der Waals surface area (Å²) in [5.74, 6) is -0.387. The van der Waals surface area contributed by atoms with Crippen molar-refractivity contribution in [3.63, 3.8) is 0 Å². The smallest absolute Gasteiger partial charge is 0.293 e. The summed E-state index contributed by atoms with van der Waals surface area (Å²) in [6, 6.07) is 5.48. The fourth-order valence-electron chi connectivity index (χ4n) is 2.04. The first kappa shape index (κ1) is 13.1. The molecule has 4 nitrogen and oxygen atoms in total. The maximum Gasteiger partial charge on any atom is 0.328 e. The molecule has 1 unspecified atom stereocenters. The number of urea groups is 1. The lowest BCUT2D eigenvalue weighted by Crippen LogP contribution is -2.54. The summed E-state index contributed by atoms with van der Waals surface area (Å²) < 4.78 is 0.990. The predicted molar refractivity (Wildman–Crippen MR) is 73.6 cm³/mol. The van der Waals surface area contributed by atoms with E-state index >= 15 is 0 Å². The second-order valence-electron chi connectivity index (χ2n) is 4.43. The molecule has 1 saturated heterocycles. The number of carbonyl (C=O) groups is 2. The maximum absolute atomic E-state index is 11.9. The third kappa shape index (κ3) is 2.41. The molecular formula is C13H15BrN2O2. The van der Waals surface area contributed by atoms with Crippen LogP contribution in [0.4, 0.5) is 10.5 Å². The quantitative estimate of drug-likeness (QED) is 0.913. The largest absolute Gasteiger partial charge is 0.328 e. The van der Waals surface area contributed by atoms with Crippen molar-refractivity contribution in [1.82, 2.24) is 5.32 Å². The standard InChI is InChI=1S/C13H15BrN2O2/c1-3-9-6-10(14)4-5-11(9)16-7-8(2)12(17)15-13(16)18/h4-6,8H,3,7H2,1-2H3,(H,15,17,18). The van der Waals surface area contributed by atoms with E-state index in [4.69, 9.17) is 0 Å². The van der Waals surface area contributed by atoms with Gasteiger partial charge in [-0.1, -0.05) is 29.8 Å². The van der Waals surface area contributed by atoms with Crippen LogP contribution in [-0.4, -0.2) is 18.5 Å². The van der Waals surface area contributed by atoms with Crippen molar-refractivity contribution in [3.05, 3.63) is 28.2 Å². The Labute approximate surface area is 114 Å². The highest BCUT2D eigenvalue weighted by Crippen LogP contribution is 2.27. The van der Waals surface area contributed by atoms with Crippen LogP contribution in [-0.2, 0) is 11.2 Å². The van der Waals surface area contributed by atoms with E-state index in [2.05, 4.69) is 21.2 Å². The van der Waals surface area contributed by atoms with Gasteiger partial charge in [0.05, 0.1) is 5.92 Å². The molecule has 0 spiro atoms. The number of hydrogen-bond acceptors (Lipinski definition) is 2. The normalized spacial score (nSPS) is 19.9. The van der Waals surface area contributed by atoms with E-state index in [-0.39, 0.29) is 17.9 Å². The van der Waals surface area contributed by atoms with Crippen molar-refractivity contribution in [2.75, 3.05) is 11.4 Å². The van der Waals surface area contributed by atoms with Crippen LogP contribution in [0.1, 0.15) is 19.4 Å². The van der Waals surface area contributed by atoms with Gasteiger partial charge in [-0.3, -0.25) is 15.0 Å². The van der Waals surface area contributed by atoms with Gasteiger partial charge in [-0.15, -0.1) is 0 Å². The number of nitrogens with one attached hydrogen (secondary N) is 1. The van der Waals surface area contributed by atoms with E-state index in [9.17, 15) is 9.59 Å². The molecular weight excluding hydrogens is 296 g/mol. The fraction of sp³-hybridized carbons (Fsp3) is 0.385. The van der Waals surface area contributed by atoms with Crippen LogP contribution in [0.25, 0.3) is 0 Å². The van der Waals surface area contributed by atoms with E-state index < -0.39 is 0 Å². The van der Waals surface area contributed by atoms with Gasteiger partial charge < -0.3 is 0 Å². The zero-order chi connectivity index (χ0) is 13.3. The van der Waals surface area contributed by atoms with Gasteiger partial charge in [-0.05, 0) is 30.2 Å². The molecule has 1 aliphatic rings. The van der Waals surface area contributed by atoms with Crippen molar-refractivity contribution in [2.24, 2.45) is 5.92 Å². The van der Waals surface area contributed by atoms with Crippen LogP contribution in [0, 0.1) is 5.92 Å². The topological polar surface area (TPSA) is 49.4 Å². The fourth-order valence-corrected chi connectivity index (χ4v) is 2.45. The van der Waals surface area contributed by atoms with Crippen molar-refractivity contribution < 1.29 is 9.59 Å². The second-order valence-corrected chi connectivity index (χ2v) is 5.35. The SMILES string of the molecule is CCc1cc(Br)ccc1N1CC(C)C(=O)NC1=O. The summed E-state index contributed by atoms with van der Waals surface area (Å²) in [7, 11) is 0. The summed E-state index contributed by atoms with van der Waals surface area (Å²) in [4.78, 5) is 24.9. The van der Waals surface area contributed by atoms with Gasteiger partial charge in [-0.2, -0.15) is 0 Å². The Hall–Kier alpha value is -1.36. The molecule has 3 amide bonds. The van der Waals surface area contributed by atoms with Gasteiger partial charge in [0.2, 0.25) is 5.91 Å². The number of benzene rings is 1. The zero-order valence-corrected chi connectivity index (χ0v) is 12.0. The second kappa shape index (κ2) is 5.10. The highest BCUT2D eigenvalue weighted by Gasteiger charge is 2.30. The molecule has 0 aliphatic carbocycles. The summed E-state index contributed by atoms with van der Waals surface area (Å²) in [5.41, 5.74) is 1.96. The van der Waals surface area contributed by atoms with Crippen LogP contribution >= 0.6 is 15.9 Å². The van der Waals surface area contributed by atoms with Crippen LogP contribution < -0.4 is 10.2 Å². The molecule has 1 aromatic carbocycles. The number of imide groups is 1. The Morgan fingerprint density at radius 2 is 2.17 bits per heavy atom. The highest BCUT2D eigenvalue weighted by atomic mass is 79.9. The first-order valence-corrected chi connectivity index (χ1v) is 6.73. The third-order valence-corrected chi connectivity index (χ3v) is 3.59. The Morgan fingerprint density at radius 3 is 2.83 bits per heavy atom. The van der Waals surface area contributed by atoms with Gasteiger partial charge in [0, 0.05) is 16.7 Å². The Balaban J connectivity index is 2.36. The molecule has 5 heteroatoms. The number of nitrogens with zero attached hydrogens (tertiary/aromatic N) is 1. The molecule has 2 rings (SSSR count). The van der Waals surface area contributed by atoms with Crippen molar-refractivity contribution in [3.8, 4) is 0 Å². The molecule has 1 heterocycles. The molecule has 0 bridgehead atoms. The third-order valence-electron chi connectivity index (χ3n) is 3.09. The molecule has 1 aliphatic heterocycles. The molecule has 18 heavy (non-hydrogen) atoms. The number of hydrogen-bond donors (Lipinski definition) is 1. The lowest BCUT2D eigenvalue weighted by molar-refractivity contribution is -0.123. The molecule has 1 fully saturated rings. The average molecular weight is 311 g/mol. The van der Waals surface area contributed by atoms with E-state index in [0.717, 1.165) is 22.1 Å². The number of aryl methyl sites for hydroxylation is 1. The maximum atomic E-state index is 11.9. The van der Waals surface area contributed by atoms with E-state index in [1.165, 1.54) is 0 Å². The lowest BCUT2D eigenvalue weighted by Gasteiger charge is -2.31. The van der Waals surface area contributed by atoms with Crippen molar-refractivity contribution in [2.45, 2.75) is 20.3 Å². The summed E-state index contributed by atoms with van der Waals surface area (Å²) in [6.07, 6.45) is 0.834. The van der Waals surface area contributed by atoms with E-state index in [1.807, 2.05) is 32.0 Å². The van der Waals surface area contributed by atoms with Crippen LogP contribution in [0.2, 0.25) is 0 Å². The van der Waals surface area contributed by atoms with Gasteiger partial charge in [0.15, 0.2) is 0 Å². The Kier molecular flexibility index (Phi) is 3.71. The van der Waals surface area contributed by atoms with Crippen molar-refractivity contribution >= 4 is 33.6 Å². The van der Waals surface area contributed by atoms with Crippen molar-refractivity contribution in [1.29, 1.82) is 0 Å². The zero-order valence-electron chi connectivity index (χ0n) is 10.4. The molecule has 0 saturated carbocycles. The number of rotatable bonds is 2. The summed E-state index contributed by atoms with van der Waals surface area (Å²) in [6.45, 7) is 4.29. The molecule has 1 aromatic rings. The summed E-state index contributed by atoms with van der Waals surface area (Å²) >= 11 is 3.42. The molecule has 1 N–H and O–H groups in total. The predicted octanol–water partition coefficient (Wildman–Crippen LogP) is 2.70. The van der Waals surface area contributed by atoms with Gasteiger partial charge in [0.25, 0.3) is 0 Å². The minimum atomic E-state index is -0.338. The molecule has 1 atom stereocenters.